The third kappa shape index (κ3) is 3.97. The largest absolute Gasteiger partial charge is 0.452 e. The zero-order valence-corrected chi connectivity index (χ0v) is 15.6. The van der Waals surface area contributed by atoms with Gasteiger partial charge in [0.15, 0.2) is 12.2 Å². The van der Waals surface area contributed by atoms with E-state index in [1.54, 1.807) is 12.1 Å². The molecule has 1 N–H and O–H groups in total. The van der Waals surface area contributed by atoms with E-state index in [4.69, 9.17) is 20.8 Å². The molecule has 7 nitrogen and oxygen atoms in total. The Morgan fingerprint density at radius 2 is 2.04 bits per heavy atom. The summed E-state index contributed by atoms with van der Waals surface area (Å²) in [7, 11) is -3.79. The van der Waals surface area contributed by atoms with Crippen LogP contribution in [0.25, 0.3) is 11.1 Å². The average molecular weight is 407 g/mol. The second kappa shape index (κ2) is 6.95. The minimum Gasteiger partial charge on any atom is -0.452 e. The van der Waals surface area contributed by atoms with E-state index in [1.807, 2.05) is 12.1 Å². The Kier molecular flexibility index (Phi) is 4.63. The Morgan fingerprint density at radius 1 is 1.26 bits per heavy atom. The van der Waals surface area contributed by atoms with E-state index in [2.05, 4.69) is 9.71 Å². The molecule has 4 rings (SSSR count). The fourth-order valence-electron chi connectivity index (χ4n) is 2.51. The fourth-order valence-corrected chi connectivity index (χ4v) is 4.34. The van der Waals surface area contributed by atoms with Gasteiger partial charge in [0.2, 0.25) is 15.9 Å². The number of nitrogens with zero attached hydrogens (tertiary/aromatic N) is 1. The molecule has 0 saturated heterocycles. The van der Waals surface area contributed by atoms with Gasteiger partial charge in [-0.15, -0.1) is 0 Å². The monoisotopic (exact) mass is 406 g/mol. The number of carbonyl (C=O) groups is 1. The molecule has 0 spiro atoms. The lowest BCUT2D eigenvalue weighted by Crippen LogP contribution is -2.26. The highest BCUT2D eigenvalue weighted by Crippen LogP contribution is 2.27. The number of benzene rings is 2. The van der Waals surface area contributed by atoms with Gasteiger partial charge in [0.05, 0.1) is 10.6 Å². The quantitative estimate of drug-likeness (QED) is 0.631. The summed E-state index contributed by atoms with van der Waals surface area (Å²) in [5.74, 6) is -0.446. The number of oxazole rings is 1. The second-order valence-corrected chi connectivity index (χ2v) is 8.28. The molecule has 9 heteroatoms. The smallest absolute Gasteiger partial charge is 0.338 e. The molecule has 0 radical (unpaired) electrons. The summed E-state index contributed by atoms with van der Waals surface area (Å²) in [6, 6.07) is 11.1. The number of rotatable bonds is 6. The van der Waals surface area contributed by atoms with Crippen molar-refractivity contribution in [3.8, 4) is 0 Å². The number of halogens is 1. The molecule has 2 aromatic carbocycles. The first kappa shape index (κ1) is 18.0. The van der Waals surface area contributed by atoms with E-state index >= 15 is 0 Å². The van der Waals surface area contributed by atoms with Crippen molar-refractivity contribution in [2.45, 2.75) is 30.4 Å². The Morgan fingerprint density at radius 3 is 2.78 bits per heavy atom. The molecular formula is C18H15ClN2O5S. The zero-order valence-electron chi connectivity index (χ0n) is 14.0. The minimum absolute atomic E-state index is 0.0404. The van der Waals surface area contributed by atoms with Crippen LogP contribution in [0.1, 0.15) is 29.1 Å². The minimum atomic E-state index is -3.79. The summed E-state index contributed by atoms with van der Waals surface area (Å²) in [4.78, 5) is 16.4. The Bertz CT molecular complexity index is 1090. The Hall–Kier alpha value is -2.42. The molecule has 0 atom stereocenters. The van der Waals surface area contributed by atoms with Crippen LogP contribution in [0, 0.1) is 0 Å². The van der Waals surface area contributed by atoms with Crippen LogP contribution in [0.2, 0.25) is 5.02 Å². The van der Waals surface area contributed by atoms with Gasteiger partial charge in [-0.3, -0.25) is 0 Å². The van der Waals surface area contributed by atoms with Gasteiger partial charge >= 0.3 is 5.97 Å². The third-order valence-corrected chi connectivity index (χ3v) is 6.02. The molecule has 0 aliphatic heterocycles. The van der Waals surface area contributed by atoms with E-state index in [0.29, 0.717) is 11.1 Å². The average Bonchev–Trinajstić information content (AvgIpc) is 3.34. The molecule has 1 heterocycles. The molecule has 0 amide bonds. The number of para-hydroxylation sites is 2. The van der Waals surface area contributed by atoms with Gasteiger partial charge in [-0.25, -0.2) is 22.9 Å². The summed E-state index contributed by atoms with van der Waals surface area (Å²) < 4.78 is 38.0. The number of aromatic nitrogens is 1. The predicted octanol–water partition coefficient (Wildman–Crippen LogP) is 3.28. The maximum atomic E-state index is 12.4. The van der Waals surface area contributed by atoms with Crippen molar-refractivity contribution in [1.29, 1.82) is 0 Å². The van der Waals surface area contributed by atoms with Gasteiger partial charge in [-0.05, 0) is 43.2 Å². The van der Waals surface area contributed by atoms with Gasteiger partial charge in [0, 0.05) is 6.04 Å². The first-order chi connectivity index (χ1) is 12.9. The van der Waals surface area contributed by atoms with Crippen molar-refractivity contribution < 1.29 is 22.4 Å². The summed E-state index contributed by atoms with van der Waals surface area (Å²) >= 11 is 6.01. The van der Waals surface area contributed by atoms with Crippen LogP contribution >= 0.6 is 11.6 Å². The molecule has 0 unspecified atom stereocenters. The highest BCUT2D eigenvalue weighted by Gasteiger charge is 2.29. The SMILES string of the molecule is O=C(OCc1nc2ccccc2o1)c1ccc(Cl)c(S(=O)(=O)NC2CC2)c1. The fraction of sp³-hybridized carbons (Fsp3) is 0.222. The summed E-state index contributed by atoms with van der Waals surface area (Å²) in [6.45, 7) is -0.168. The zero-order chi connectivity index (χ0) is 19.0. The van der Waals surface area contributed by atoms with Crippen molar-refractivity contribution in [1.82, 2.24) is 9.71 Å². The van der Waals surface area contributed by atoms with Gasteiger partial charge in [0.1, 0.15) is 10.4 Å². The van der Waals surface area contributed by atoms with Crippen molar-refractivity contribution in [2.75, 3.05) is 0 Å². The van der Waals surface area contributed by atoms with E-state index in [-0.39, 0.29) is 34.0 Å². The van der Waals surface area contributed by atoms with Gasteiger partial charge in [0.25, 0.3) is 0 Å². The maximum absolute atomic E-state index is 12.4. The van der Waals surface area contributed by atoms with Crippen LogP contribution in [0.5, 0.6) is 0 Å². The lowest BCUT2D eigenvalue weighted by atomic mass is 10.2. The molecule has 1 aliphatic rings. The maximum Gasteiger partial charge on any atom is 0.338 e. The number of fused-ring (bicyclic) bond motifs is 1. The van der Waals surface area contributed by atoms with E-state index in [9.17, 15) is 13.2 Å². The number of hydrogen-bond donors (Lipinski definition) is 1. The summed E-state index contributed by atoms with van der Waals surface area (Å²) in [5.41, 5.74) is 1.33. The van der Waals surface area contributed by atoms with Gasteiger partial charge in [-0.2, -0.15) is 0 Å². The van der Waals surface area contributed by atoms with Gasteiger partial charge < -0.3 is 9.15 Å². The third-order valence-electron chi connectivity index (χ3n) is 4.02. The van der Waals surface area contributed by atoms with Crippen molar-refractivity contribution in [3.63, 3.8) is 0 Å². The highest BCUT2D eigenvalue weighted by molar-refractivity contribution is 7.89. The van der Waals surface area contributed by atoms with E-state index < -0.39 is 16.0 Å². The first-order valence-electron chi connectivity index (χ1n) is 8.26. The second-order valence-electron chi connectivity index (χ2n) is 6.19. The first-order valence-corrected chi connectivity index (χ1v) is 10.1. The van der Waals surface area contributed by atoms with Crippen LogP contribution in [-0.2, 0) is 21.4 Å². The molecule has 1 aromatic heterocycles. The van der Waals surface area contributed by atoms with Crippen molar-refractivity contribution in [2.24, 2.45) is 0 Å². The Labute approximate surface area is 160 Å². The molecule has 1 saturated carbocycles. The molecule has 1 fully saturated rings. The molecule has 27 heavy (non-hydrogen) atoms. The van der Waals surface area contributed by atoms with Crippen LogP contribution in [0.4, 0.5) is 0 Å². The Balaban J connectivity index is 1.50. The van der Waals surface area contributed by atoms with Gasteiger partial charge in [-0.1, -0.05) is 23.7 Å². The van der Waals surface area contributed by atoms with Crippen molar-refractivity contribution in [3.05, 3.63) is 58.9 Å². The van der Waals surface area contributed by atoms with Crippen molar-refractivity contribution >= 4 is 38.7 Å². The molecule has 140 valence electrons. The number of ether oxygens (including phenoxy) is 1. The van der Waals surface area contributed by atoms with E-state index in [0.717, 1.165) is 12.8 Å². The van der Waals surface area contributed by atoms with Crippen LogP contribution < -0.4 is 4.72 Å². The molecule has 1 aliphatic carbocycles. The summed E-state index contributed by atoms with van der Waals surface area (Å²) in [5, 5.41) is 0.0404. The normalized spacial score (nSPS) is 14.4. The predicted molar refractivity (Wildman–Crippen MR) is 97.9 cm³/mol. The lowest BCUT2D eigenvalue weighted by molar-refractivity contribution is 0.0440. The molecule has 0 bridgehead atoms. The molecular weight excluding hydrogens is 392 g/mol. The molecule has 3 aromatic rings. The number of nitrogens with one attached hydrogen (secondary N) is 1. The number of esters is 1. The topological polar surface area (TPSA) is 98.5 Å². The number of sulfonamides is 1. The lowest BCUT2D eigenvalue weighted by Gasteiger charge is -2.09. The number of hydrogen-bond acceptors (Lipinski definition) is 6. The van der Waals surface area contributed by atoms with Crippen LogP contribution in [0.15, 0.2) is 51.8 Å². The highest BCUT2D eigenvalue weighted by atomic mass is 35.5. The standard InChI is InChI=1S/C18H15ClN2O5S/c19-13-8-5-11(9-16(13)27(23,24)21-12-6-7-12)18(22)25-10-17-20-14-3-1-2-4-15(14)26-17/h1-5,8-9,12,21H,6-7,10H2. The van der Waals surface area contributed by atoms with Crippen LogP contribution in [0.3, 0.4) is 0 Å². The van der Waals surface area contributed by atoms with E-state index in [1.165, 1.54) is 18.2 Å². The van der Waals surface area contributed by atoms with Crippen LogP contribution in [-0.4, -0.2) is 25.4 Å². The summed E-state index contributed by atoms with van der Waals surface area (Å²) in [6.07, 6.45) is 1.59. The number of carbonyl (C=O) groups excluding carboxylic acids is 1.